The van der Waals surface area contributed by atoms with Crippen LogP contribution in [0.4, 0.5) is 0 Å². The zero-order chi connectivity index (χ0) is 35.2. The molecule has 1 unspecified atom stereocenters. The van der Waals surface area contributed by atoms with E-state index in [0.29, 0.717) is 0 Å². The zero-order valence-electron chi connectivity index (χ0n) is 27.9. The Morgan fingerprint density at radius 1 is 0.792 bits per heavy atom. The van der Waals surface area contributed by atoms with Gasteiger partial charge in [-0.05, 0) is 19.4 Å². The molecule has 3 fully saturated rings. The molecule has 1 N–H and O–H groups in total. The second-order valence-electron chi connectivity index (χ2n) is 12.0. The van der Waals surface area contributed by atoms with Crippen LogP contribution in [-0.4, -0.2) is 110 Å². The van der Waals surface area contributed by atoms with Crippen molar-refractivity contribution in [3.63, 3.8) is 0 Å². The van der Waals surface area contributed by atoms with Gasteiger partial charge in [0.25, 0.3) is 0 Å². The highest BCUT2D eigenvalue weighted by Crippen LogP contribution is 2.38. The lowest BCUT2D eigenvalue weighted by Crippen LogP contribution is -2.71. The fourth-order valence-electron chi connectivity index (χ4n) is 5.72. The van der Waals surface area contributed by atoms with Gasteiger partial charge in [-0.3, -0.25) is 24.0 Å². The Labute approximate surface area is 277 Å². The van der Waals surface area contributed by atoms with Crippen LogP contribution in [0.5, 0.6) is 0 Å². The van der Waals surface area contributed by atoms with Crippen LogP contribution in [-0.2, 0) is 77.9 Å². The van der Waals surface area contributed by atoms with Gasteiger partial charge in [0.15, 0.2) is 36.7 Å². The van der Waals surface area contributed by atoms with E-state index in [1.807, 2.05) is 30.3 Å². The Hall–Kier alpha value is -3.67. The number of nitrogens with one attached hydrogen (secondary N) is 1. The highest BCUT2D eigenvalue weighted by atomic mass is 16.8. The second kappa shape index (κ2) is 16.2. The fraction of sp³-hybridized carbons (Fsp3) is 0.656. The van der Waals surface area contributed by atoms with E-state index in [4.69, 9.17) is 47.4 Å². The second-order valence-corrected chi connectivity index (χ2v) is 12.0. The van der Waals surface area contributed by atoms with Gasteiger partial charge in [0, 0.05) is 34.6 Å². The summed E-state index contributed by atoms with van der Waals surface area (Å²) in [5, 5.41) is 2.83. The van der Waals surface area contributed by atoms with E-state index >= 15 is 0 Å². The van der Waals surface area contributed by atoms with Gasteiger partial charge in [0.05, 0.1) is 13.2 Å². The average Bonchev–Trinajstić information content (AvgIpc) is 2.98. The molecular weight excluding hydrogens is 638 g/mol. The first kappa shape index (κ1) is 37.2. The van der Waals surface area contributed by atoms with Crippen molar-refractivity contribution in [3.8, 4) is 0 Å². The number of amides is 1. The lowest BCUT2D eigenvalue weighted by molar-refractivity contribution is -0.394. The first-order valence-corrected chi connectivity index (χ1v) is 15.5. The van der Waals surface area contributed by atoms with Crippen LogP contribution >= 0.6 is 0 Å². The van der Waals surface area contributed by atoms with E-state index in [1.165, 1.54) is 13.8 Å². The molecule has 0 spiro atoms. The molecule has 266 valence electrons. The third kappa shape index (κ3) is 9.93. The number of hydrogen-bond acceptors (Lipinski definition) is 15. The largest absolute Gasteiger partial charge is 0.463 e. The van der Waals surface area contributed by atoms with Crippen molar-refractivity contribution < 1.29 is 71.3 Å². The molecule has 16 heteroatoms. The Morgan fingerprint density at radius 3 is 2.02 bits per heavy atom. The SMILES string of the molecule is CC(=O)N[C@H]1C(OCc2ccccc2)O[C@@H]2COC(C)(C)O[C@@H]2[C@@H]1O[C@@H]1O[C@H](COC(C)=O)[C@H](OC(C)=O)[C@H](OC(C)=O)[C@H]1OC(C)=O. The van der Waals surface area contributed by atoms with Crippen LogP contribution in [0, 0.1) is 0 Å². The Bertz CT molecular complexity index is 1310. The van der Waals surface area contributed by atoms with Gasteiger partial charge in [-0.1, -0.05) is 30.3 Å². The normalized spacial score (nSPS) is 32.6. The lowest BCUT2D eigenvalue weighted by atomic mass is 9.94. The molecule has 0 aromatic heterocycles. The van der Waals surface area contributed by atoms with Gasteiger partial charge in [0.2, 0.25) is 5.91 Å². The molecule has 3 aliphatic rings. The van der Waals surface area contributed by atoms with E-state index < -0.39 is 104 Å². The van der Waals surface area contributed by atoms with Gasteiger partial charge in [-0.25, -0.2) is 0 Å². The summed E-state index contributed by atoms with van der Waals surface area (Å²) in [6.45, 7) is 8.94. The molecule has 3 saturated heterocycles. The molecule has 0 saturated carbocycles. The van der Waals surface area contributed by atoms with Gasteiger partial charge >= 0.3 is 23.9 Å². The number of rotatable bonds is 11. The molecule has 1 aromatic rings. The minimum Gasteiger partial charge on any atom is -0.463 e. The molecule has 48 heavy (non-hydrogen) atoms. The Morgan fingerprint density at radius 2 is 1.42 bits per heavy atom. The van der Waals surface area contributed by atoms with Gasteiger partial charge in [0.1, 0.15) is 37.1 Å². The van der Waals surface area contributed by atoms with Crippen LogP contribution in [0.1, 0.15) is 54.0 Å². The maximum absolute atomic E-state index is 12.6. The van der Waals surface area contributed by atoms with E-state index in [-0.39, 0.29) is 13.2 Å². The van der Waals surface area contributed by atoms with E-state index in [2.05, 4.69) is 5.32 Å². The van der Waals surface area contributed by atoms with Gasteiger partial charge in [-0.2, -0.15) is 0 Å². The first-order valence-electron chi connectivity index (χ1n) is 15.5. The van der Waals surface area contributed by atoms with E-state index in [0.717, 1.165) is 26.3 Å². The molecule has 1 aromatic carbocycles. The molecule has 1 amide bonds. The predicted octanol–water partition coefficient (Wildman–Crippen LogP) is 1.05. The molecule has 3 heterocycles. The van der Waals surface area contributed by atoms with Crippen molar-refractivity contribution in [2.24, 2.45) is 0 Å². The maximum atomic E-state index is 12.6. The summed E-state index contributed by atoms with van der Waals surface area (Å²) < 4.78 is 59.1. The Kier molecular flexibility index (Phi) is 12.5. The van der Waals surface area contributed by atoms with Gasteiger partial charge < -0.3 is 52.7 Å². The lowest BCUT2D eigenvalue weighted by Gasteiger charge is -2.52. The summed E-state index contributed by atoms with van der Waals surface area (Å²) in [4.78, 5) is 61.3. The third-order valence-corrected chi connectivity index (χ3v) is 7.53. The molecule has 0 aliphatic carbocycles. The average molecular weight is 682 g/mol. The molecular formula is C32H43NO15. The number of hydrogen-bond donors (Lipinski definition) is 1. The standard InChI is InChI=1S/C32H43NO15/c1-16(34)33-24-27(26-23(15-41-32(6,7)48-26)45-30(24)40-13-21-11-9-8-10-12-21)47-31-29(44-20(5)38)28(43-19(4)37)25(42-18(3)36)22(46-31)14-39-17(2)35/h8-12,22-31H,13-15H2,1-7H3,(H,33,34)/t22-,23-,24-,25+,26+,27-,28+,29-,30?,31+/m1/s1. The Balaban J connectivity index is 1.76. The van der Waals surface area contributed by atoms with Crippen molar-refractivity contribution in [1.29, 1.82) is 0 Å². The molecule has 3 aliphatic heterocycles. The zero-order valence-corrected chi connectivity index (χ0v) is 27.9. The topological polar surface area (TPSA) is 190 Å². The number of carbonyl (C=O) groups excluding carboxylic acids is 5. The monoisotopic (exact) mass is 681 g/mol. The quantitative estimate of drug-likeness (QED) is 0.258. The van der Waals surface area contributed by atoms with E-state index in [1.54, 1.807) is 13.8 Å². The van der Waals surface area contributed by atoms with Crippen molar-refractivity contribution >= 4 is 29.8 Å². The van der Waals surface area contributed by atoms with Crippen molar-refractivity contribution in [2.45, 2.75) is 122 Å². The van der Waals surface area contributed by atoms with Crippen LogP contribution < -0.4 is 5.32 Å². The summed E-state index contributed by atoms with van der Waals surface area (Å²) in [7, 11) is 0. The summed E-state index contributed by atoms with van der Waals surface area (Å²) in [6.07, 6.45) is -11.1. The number of benzene rings is 1. The number of ether oxygens (including phenoxy) is 10. The molecule has 4 rings (SSSR count). The summed E-state index contributed by atoms with van der Waals surface area (Å²) in [5.74, 6) is -4.59. The van der Waals surface area contributed by atoms with Crippen LogP contribution in [0.25, 0.3) is 0 Å². The van der Waals surface area contributed by atoms with E-state index in [9.17, 15) is 24.0 Å². The van der Waals surface area contributed by atoms with Crippen LogP contribution in [0.2, 0.25) is 0 Å². The minimum absolute atomic E-state index is 0.0636. The summed E-state index contributed by atoms with van der Waals surface area (Å²) in [5.41, 5.74) is 0.833. The maximum Gasteiger partial charge on any atom is 0.303 e. The highest BCUT2D eigenvalue weighted by Gasteiger charge is 2.58. The van der Waals surface area contributed by atoms with Crippen molar-refractivity contribution in [1.82, 2.24) is 5.32 Å². The van der Waals surface area contributed by atoms with Crippen LogP contribution in [0.15, 0.2) is 30.3 Å². The molecule has 10 atom stereocenters. The summed E-state index contributed by atoms with van der Waals surface area (Å²) in [6, 6.07) is 8.25. The minimum atomic E-state index is -1.56. The molecule has 16 nitrogen and oxygen atoms in total. The molecule has 0 bridgehead atoms. The first-order chi connectivity index (χ1) is 22.6. The van der Waals surface area contributed by atoms with Crippen LogP contribution in [0.3, 0.4) is 0 Å². The molecule has 0 radical (unpaired) electrons. The number of fused-ring (bicyclic) bond motifs is 1. The summed E-state index contributed by atoms with van der Waals surface area (Å²) >= 11 is 0. The predicted molar refractivity (Wildman–Crippen MR) is 159 cm³/mol. The fourth-order valence-corrected chi connectivity index (χ4v) is 5.72. The highest BCUT2D eigenvalue weighted by molar-refractivity contribution is 5.73. The smallest absolute Gasteiger partial charge is 0.303 e. The number of carbonyl (C=O) groups is 5. The van der Waals surface area contributed by atoms with Gasteiger partial charge in [-0.15, -0.1) is 0 Å². The number of esters is 4. The third-order valence-electron chi connectivity index (χ3n) is 7.53. The van der Waals surface area contributed by atoms with Crippen molar-refractivity contribution in [3.05, 3.63) is 35.9 Å². The van der Waals surface area contributed by atoms with Crippen molar-refractivity contribution in [2.75, 3.05) is 13.2 Å².